The fraction of sp³-hybridized carbons (Fsp3) is 0.267. The highest BCUT2D eigenvalue weighted by Crippen LogP contribution is 2.21. The molecule has 0 fully saturated rings. The minimum absolute atomic E-state index is 0.280. The summed E-state index contributed by atoms with van der Waals surface area (Å²) in [6.45, 7) is 0. The van der Waals surface area contributed by atoms with Gasteiger partial charge in [0.1, 0.15) is 5.75 Å². The number of methoxy groups -OCH3 is 1. The van der Waals surface area contributed by atoms with Gasteiger partial charge in [-0.05, 0) is 48.9 Å². The van der Waals surface area contributed by atoms with Crippen molar-refractivity contribution in [1.29, 1.82) is 0 Å². The van der Waals surface area contributed by atoms with Gasteiger partial charge >= 0.3 is 0 Å². The number of nitrogens with zero attached hydrogens (tertiary/aromatic N) is 1. The van der Waals surface area contributed by atoms with Gasteiger partial charge in [0, 0.05) is 18.4 Å². The lowest BCUT2D eigenvalue weighted by Gasteiger charge is -2.17. The molecule has 0 aliphatic rings. The molecule has 3 nitrogen and oxygen atoms in total. The normalized spacial score (nSPS) is 12.1. The van der Waals surface area contributed by atoms with Gasteiger partial charge in [-0.2, -0.15) is 0 Å². The van der Waals surface area contributed by atoms with Gasteiger partial charge in [-0.15, -0.1) is 0 Å². The molecule has 0 saturated heterocycles. The molecule has 0 aliphatic heterocycles. The van der Waals surface area contributed by atoms with E-state index in [0.717, 1.165) is 12.2 Å². The first-order valence-corrected chi connectivity index (χ1v) is 6.03. The van der Waals surface area contributed by atoms with E-state index in [1.807, 2.05) is 43.7 Å². The van der Waals surface area contributed by atoms with Gasteiger partial charge in [0.15, 0.2) is 0 Å². The van der Waals surface area contributed by atoms with Gasteiger partial charge in [-0.3, -0.25) is 4.98 Å². The average molecular weight is 242 g/mol. The van der Waals surface area contributed by atoms with Crippen LogP contribution in [0.4, 0.5) is 0 Å². The first-order valence-electron chi connectivity index (χ1n) is 6.03. The number of aromatic nitrogens is 1. The lowest BCUT2D eigenvalue weighted by atomic mass is 9.99. The molecule has 1 heterocycles. The third kappa shape index (κ3) is 3.08. The summed E-state index contributed by atoms with van der Waals surface area (Å²) in [5.41, 5.74) is 2.50. The minimum atomic E-state index is 0.280. The van der Waals surface area contributed by atoms with Crippen LogP contribution in [0.3, 0.4) is 0 Å². The number of rotatable bonds is 5. The van der Waals surface area contributed by atoms with Crippen molar-refractivity contribution in [3.8, 4) is 5.75 Å². The molecule has 0 saturated carbocycles. The summed E-state index contributed by atoms with van der Waals surface area (Å²) in [7, 11) is 3.67. The molecule has 2 rings (SSSR count). The maximum Gasteiger partial charge on any atom is 0.119 e. The minimum Gasteiger partial charge on any atom is -0.497 e. The third-order valence-corrected chi connectivity index (χ3v) is 3.03. The predicted molar refractivity (Wildman–Crippen MR) is 72.7 cm³/mol. The molecular weight excluding hydrogens is 224 g/mol. The Morgan fingerprint density at radius 1 is 1.22 bits per heavy atom. The van der Waals surface area contributed by atoms with Crippen molar-refractivity contribution in [2.75, 3.05) is 14.2 Å². The van der Waals surface area contributed by atoms with E-state index < -0.39 is 0 Å². The molecule has 0 bridgehead atoms. The van der Waals surface area contributed by atoms with E-state index >= 15 is 0 Å². The summed E-state index contributed by atoms with van der Waals surface area (Å²) in [6.07, 6.45) is 4.59. The zero-order valence-electron chi connectivity index (χ0n) is 10.8. The second-order valence-corrected chi connectivity index (χ2v) is 4.18. The molecule has 1 atom stereocenters. The summed E-state index contributed by atoms with van der Waals surface area (Å²) in [5.74, 6) is 0.891. The maximum atomic E-state index is 5.26. The van der Waals surface area contributed by atoms with Crippen LogP contribution in [-0.2, 0) is 6.42 Å². The lowest BCUT2D eigenvalue weighted by Crippen LogP contribution is -2.18. The number of nitrogens with one attached hydrogen (secondary N) is 1. The fourth-order valence-electron chi connectivity index (χ4n) is 2.00. The van der Waals surface area contributed by atoms with Crippen LogP contribution in [0.5, 0.6) is 5.75 Å². The van der Waals surface area contributed by atoms with Gasteiger partial charge in [0.05, 0.1) is 7.11 Å². The molecule has 3 heteroatoms. The molecule has 1 aromatic heterocycles. The Balaban J connectivity index is 2.17. The largest absolute Gasteiger partial charge is 0.497 e. The Labute approximate surface area is 108 Å². The predicted octanol–water partition coefficient (Wildman–Crippen LogP) is 2.59. The summed E-state index contributed by atoms with van der Waals surface area (Å²) >= 11 is 0. The van der Waals surface area contributed by atoms with E-state index in [0.29, 0.717) is 0 Å². The van der Waals surface area contributed by atoms with Crippen LogP contribution < -0.4 is 10.1 Å². The van der Waals surface area contributed by atoms with Crippen molar-refractivity contribution in [2.45, 2.75) is 12.5 Å². The van der Waals surface area contributed by atoms with E-state index in [1.54, 1.807) is 7.11 Å². The zero-order chi connectivity index (χ0) is 12.8. The van der Waals surface area contributed by atoms with Crippen LogP contribution >= 0.6 is 0 Å². The third-order valence-electron chi connectivity index (χ3n) is 3.03. The van der Waals surface area contributed by atoms with Gasteiger partial charge in [0.25, 0.3) is 0 Å². The van der Waals surface area contributed by atoms with Crippen molar-refractivity contribution in [2.24, 2.45) is 0 Å². The molecule has 0 radical (unpaired) electrons. The second kappa shape index (κ2) is 6.17. The van der Waals surface area contributed by atoms with Crippen LogP contribution in [0.15, 0.2) is 48.8 Å². The Morgan fingerprint density at radius 2 is 2.00 bits per heavy atom. The first-order chi connectivity index (χ1) is 8.83. The number of benzene rings is 1. The van der Waals surface area contributed by atoms with E-state index in [2.05, 4.69) is 22.4 Å². The summed E-state index contributed by atoms with van der Waals surface area (Å²) in [5, 5.41) is 3.34. The van der Waals surface area contributed by atoms with Crippen molar-refractivity contribution in [1.82, 2.24) is 10.3 Å². The summed E-state index contributed by atoms with van der Waals surface area (Å²) < 4.78 is 5.26. The molecule has 1 N–H and O–H groups in total. The molecule has 18 heavy (non-hydrogen) atoms. The van der Waals surface area contributed by atoms with E-state index in [-0.39, 0.29) is 6.04 Å². The Morgan fingerprint density at radius 3 is 2.67 bits per heavy atom. The van der Waals surface area contributed by atoms with Gasteiger partial charge < -0.3 is 10.1 Å². The average Bonchev–Trinajstić information content (AvgIpc) is 2.46. The Kier molecular flexibility index (Phi) is 4.31. The van der Waals surface area contributed by atoms with Crippen molar-refractivity contribution in [3.63, 3.8) is 0 Å². The highest BCUT2D eigenvalue weighted by atomic mass is 16.5. The number of hydrogen-bond acceptors (Lipinski definition) is 3. The first kappa shape index (κ1) is 12.6. The van der Waals surface area contributed by atoms with E-state index in [9.17, 15) is 0 Å². The molecule has 0 amide bonds. The number of pyridine rings is 1. The highest BCUT2D eigenvalue weighted by molar-refractivity contribution is 5.31. The van der Waals surface area contributed by atoms with Crippen molar-refractivity contribution >= 4 is 0 Å². The quantitative estimate of drug-likeness (QED) is 0.875. The maximum absolute atomic E-state index is 5.26. The Bertz CT molecular complexity index is 485. The van der Waals surface area contributed by atoms with Crippen LogP contribution in [0, 0.1) is 0 Å². The number of hydrogen-bond donors (Lipinski definition) is 1. The van der Waals surface area contributed by atoms with Crippen LogP contribution in [-0.4, -0.2) is 19.1 Å². The summed E-state index contributed by atoms with van der Waals surface area (Å²) in [4.78, 5) is 4.04. The zero-order valence-corrected chi connectivity index (χ0v) is 10.8. The molecule has 1 aromatic carbocycles. The van der Waals surface area contributed by atoms with Gasteiger partial charge in [0.2, 0.25) is 0 Å². The molecule has 94 valence electrons. The van der Waals surface area contributed by atoms with Crippen LogP contribution in [0.1, 0.15) is 17.2 Å². The SMILES string of the molecule is CNC(Cc1ccncc1)c1cccc(OC)c1. The van der Waals surface area contributed by atoms with Gasteiger partial charge in [-0.25, -0.2) is 0 Å². The monoisotopic (exact) mass is 242 g/mol. The molecule has 1 unspecified atom stereocenters. The van der Waals surface area contributed by atoms with Crippen LogP contribution in [0.2, 0.25) is 0 Å². The van der Waals surface area contributed by atoms with E-state index in [1.165, 1.54) is 11.1 Å². The standard InChI is InChI=1S/C15H18N2O/c1-16-15(10-12-6-8-17-9-7-12)13-4-3-5-14(11-13)18-2/h3-9,11,15-16H,10H2,1-2H3. The summed E-state index contributed by atoms with van der Waals surface area (Å²) in [6, 6.07) is 12.5. The van der Waals surface area contributed by atoms with Gasteiger partial charge in [-0.1, -0.05) is 12.1 Å². The van der Waals surface area contributed by atoms with Crippen molar-refractivity contribution in [3.05, 3.63) is 59.9 Å². The van der Waals surface area contributed by atoms with Crippen molar-refractivity contribution < 1.29 is 4.74 Å². The number of likely N-dealkylation sites (N-methyl/N-ethyl adjacent to an activating group) is 1. The molecular formula is C15H18N2O. The lowest BCUT2D eigenvalue weighted by molar-refractivity contribution is 0.413. The topological polar surface area (TPSA) is 34.2 Å². The molecule has 2 aromatic rings. The molecule has 0 aliphatic carbocycles. The van der Waals surface area contributed by atoms with Crippen LogP contribution in [0.25, 0.3) is 0 Å². The fourth-order valence-corrected chi connectivity index (χ4v) is 2.00. The van der Waals surface area contributed by atoms with E-state index in [4.69, 9.17) is 4.74 Å². The Hall–Kier alpha value is -1.87. The number of ether oxygens (including phenoxy) is 1. The molecule has 0 spiro atoms. The second-order valence-electron chi connectivity index (χ2n) is 4.18. The smallest absolute Gasteiger partial charge is 0.119 e. The highest BCUT2D eigenvalue weighted by Gasteiger charge is 2.10.